The monoisotopic (exact) mass is 1200 g/mol. The quantitative estimate of drug-likeness (QED) is 0.0168. The molecule has 4 unspecified atom stereocenters. The molecular weight excluding hydrogens is 1080 g/mol. The molecule has 4 N–H and O–H groups in total. The van der Waals surface area contributed by atoms with Crippen molar-refractivity contribution < 1.29 is 79.6 Å². The van der Waals surface area contributed by atoms with Gasteiger partial charge in [-0.05, 0) is 25.7 Å². The minimum Gasteiger partial charge on any atom is -0.462 e. The van der Waals surface area contributed by atoms with E-state index in [2.05, 4.69) is 27.7 Å². The van der Waals surface area contributed by atoms with Gasteiger partial charge in [-0.3, -0.25) is 37.3 Å². The van der Waals surface area contributed by atoms with Crippen LogP contribution in [0.5, 0.6) is 0 Å². The number of nitrogens with zero attached hydrogens (tertiary/aromatic N) is 1. The summed E-state index contributed by atoms with van der Waals surface area (Å²) >= 11 is 0. The van der Waals surface area contributed by atoms with Gasteiger partial charge in [-0.2, -0.15) is 0 Å². The summed E-state index contributed by atoms with van der Waals surface area (Å²) in [5, 5.41) is 0. The summed E-state index contributed by atoms with van der Waals surface area (Å²) in [6, 6.07) is 0. The van der Waals surface area contributed by atoms with E-state index in [9.17, 15) is 38.1 Å². The molecule has 81 heavy (non-hydrogen) atoms. The van der Waals surface area contributed by atoms with Crippen molar-refractivity contribution in [2.24, 2.45) is 5.73 Å². The molecule has 0 aromatic heterocycles. The van der Waals surface area contributed by atoms with Crippen molar-refractivity contribution in [2.45, 2.75) is 297 Å². The zero-order valence-electron chi connectivity index (χ0n) is 52.6. The molecule has 482 valence electrons. The molecule has 20 heteroatoms. The van der Waals surface area contributed by atoms with Gasteiger partial charge in [0.25, 0.3) is 0 Å². The van der Waals surface area contributed by atoms with Crippen LogP contribution in [0.25, 0.3) is 0 Å². The van der Waals surface area contributed by atoms with Crippen LogP contribution in [0.2, 0.25) is 0 Å². The molecule has 0 aromatic carbocycles. The fourth-order valence-electron chi connectivity index (χ4n) is 8.59. The summed E-state index contributed by atoms with van der Waals surface area (Å²) < 4.78 is 66.3. The van der Waals surface area contributed by atoms with E-state index in [1.165, 1.54) is 154 Å². The van der Waals surface area contributed by atoms with Crippen LogP contribution in [0.4, 0.5) is 0 Å². The highest BCUT2D eigenvalue weighted by molar-refractivity contribution is 7.47. The van der Waals surface area contributed by atoms with Gasteiger partial charge in [-0.1, -0.05) is 233 Å². The first kappa shape index (κ1) is 81.1. The van der Waals surface area contributed by atoms with E-state index in [0.717, 1.165) is 64.2 Å². The molecule has 0 aliphatic rings. The molecular formula is C61H123N2O16P2+. The molecule has 0 aliphatic carbocycles. The third-order valence-electron chi connectivity index (χ3n) is 13.6. The number of carbonyl (C=O) groups is 4. The van der Waals surface area contributed by atoms with Gasteiger partial charge in [0.1, 0.15) is 26.4 Å². The van der Waals surface area contributed by atoms with Crippen molar-refractivity contribution in [3.05, 3.63) is 0 Å². The lowest BCUT2D eigenvalue weighted by molar-refractivity contribution is -0.870. The minimum absolute atomic E-state index is 0.0358. The Labute approximate surface area is 493 Å². The highest BCUT2D eigenvalue weighted by Crippen LogP contribution is 2.44. The number of phosphoric acid groups is 2. The first-order chi connectivity index (χ1) is 38.8. The average molecular weight is 1200 g/mol. The predicted molar refractivity (Wildman–Crippen MR) is 324 cm³/mol. The molecule has 0 bridgehead atoms. The van der Waals surface area contributed by atoms with E-state index in [4.69, 9.17) is 42.8 Å². The molecule has 18 nitrogen and oxygen atoms in total. The third-order valence-corrected chi connectivity index (χ3v) is 15.6. The van der Waals surface area contributed by atoms with Crippen molar-refractivity contribution in [1.29, 1.82) is 0 Å². The van der Waals surface area contributed by atoms with Crippen LogP contribution in [0.15, 0.2) is 0 Å². The Morgan fingerprint density at radius 2 is 0.617 bits per heavy atom. The second-order valence-electron chi connectivity index (χ2n) is 22.9. The van der Waals surface area contributed by atoms with Crippen LogP contribution in [0.1, 0.15) is 285 Å². The number of esters is 4. The van der Waals surface area contributed by atoms with E-state index in [0.29, 0.717) is 30.3 Å². The maximum atomic E-state index is 12.5. The van der Waals surface area contributed by atoms with Gasteiger partial charge in [0.15, 0.2) is 12.2 Å². The highest BCUT2D eigenvalue weighted by atomic mass is 31.2. The zero-order valence-corrected chi connectivity index (χ0v) is 54.4. The molecule has 4 atom stereocenters. The number of quaternary nitrogens is 1. The molecule has 0 saturated carbocycles. The van der Waals surface area contributed by atoms with Crippen molar-refractivity contribution in [2.75, 3.05) is 73.9 Å². The Kier molecular flexibility index (Phi) is 57.2. The third kappa shape index (κ3) is 62.4. The molecule has 0 rings (SSSR count). The molecule has 0 saturated heterocycles. The average Bonchev–Trinajstić information content (AvgIpc) is 3.42. The van der Waals surface area contributed by atoms with E-state index in [1.807, 2.05) is 21.1 Å². The number of nitrogens with two attached hydrogens (primary N) is 1. The van der Waals surface area contributed by atoms with Gasteiger partial charge in [0.05, 0.1) is 41.0 Å². The van der Waals surface area contributed by atoms with E-state index in [1.54, 1.807) is 0 Å². The van der Waals surface area contributed by atoms with Gasteiger partial charge in [-0.25, -0.2) is 9.13 Å². The van der Waals surface area contributed by atoms with Crippen LogP contribution in [0.3, 0.4) is 0 Å². The summed E-state index contributed by atoms with van der Waals surface area (Å²) in [6.07, 6.45) is 40.2. The lowest BCUT2D eigenvalue weighted by Crippen LogP contribution is -2.37. The molecule has 0 fully saturated rings. The Morgan fingerprint density at radius 1 is 0.370 bits per heavy atom. The smallest absolute Gasteiger partial charge is 0.462 e. The van der Waals surface area contributed by atoms with Gasteiger partial charge in [0.2, 0.25) is 0 Å². The summed E-state index contributed by atoms with van der Waals surface area (Å²) in [5.74, 6) is -1.63. The molecule has 0 heterocycles. The van der Waals surface area contributed by atoms with E-state index in [-0.39, 0.29) is 64.2 Å². The summed E-state index contributed by atoms with van der Waals surface area (Å²) in [7, 11) is -2.87. The van der Waals surface area contributed by atoms with Crippen LogP contribution in [-0.4, -0.2) is 124 Å². The fourth-order valence-corrected chi connectivity index (χ4v) is 10.1. The molecule has 0 radical (unpaired) electrons. The van der Waals surface area contributed by atoms with Crippen molar-refractivity contribution >= 4 is 39.5 Å². The molecule has 0 aromatic rings. The minimum atomic E-state index is -4.35. The SMILES string of the molecule is CCCCCCCCCCCC(=O)OCC(COP(=O)(O)OCCN)OC(=O)CCCCCCCCCCC.CCCCCCCCCCCC(=O)OCC(COP(=O)(O)OCC[N+](C)(C)C)OC(=O)CCCCCCCCCCC. The summed E-state index contributed by atoms with van der Waals surface area (Å²) in [5.41, 5.74) is 5.29. The second kappa shape index (κ2) is 57.1. The Morgan fingerprint density at radius 3 is 0.877 bits per heavy atom. The van der Waals surface area contributed by atoms with Crippen molar-refractivity contribution in [1.82, 2.24) is 0 Å². The Bertz CT molecular complexity index is 1570. The molecule has 0 spiro atoms. The Hall–Kier alpha value is -1.98. The second-order valence-corrected chi connectivity index (χ2v) is 25.8. The lowest BCUT2D eigenvalue weighted by Gasteiger charge is -2.24. The first-order valence-corrected chi connectivity index (χ1v) is 35.3. The van der Waals surface area contributed by atoms with Crippen LogP contribution < -0.4 is 5.73 Å². The first-order valence-electron chi connectivity index (χ1n) is 32.3. The summed E-state index contributed by atoms with van der Waals surface area (Å²) in [4.78, 5) is 69.2. The van der Waals surface area contributed by atoms with Gasteiger partial charge in [-0.15, -0.1) is 0 Å². The van der Waals surface area contributed by atoms with Crippen molar-refractivity contribution in [3.63, 3.8) is 0 Å². The number of likely N-dealkylation sites (N-methyl/N-ethyl adjacent to an activating group) is 1. The van der Waals surface area contributed by atoms with Gasteiger partial charge >= 0.3 is 39.5 Å². The molecule has 0 aliphatic heterocycles. The van der Waals surface area contributed by atoms with E-state index < -0.39 is 53.0 Å². The van der Waals surface area contributed by atoms with Gasteiger partial charge < -0.3 is 39.0 Å². The zero-order chi connectivity index (χ0) is 60.6. The fraction of sp³-hybridized carbons (Fsp3) is 0.934. The van der Waals surface area contributed by atoms with Crippen LogP contribution >= 0.6 is 15.6 Å². The standard InChI is InChI=1S/C32H64NO8P.C29H58NO8P/c1-6-8-10-12-14-16-18-20-22-24-31(34)38-28-30(29-40-42(36,37)39-27-26-33(3,4)5)41-32(35)25-23-21-19-17-15-13-11-9-7-2;1-3-5-7-9-11-13-15-17-19-21-28(31)35-25-27(26-37-39(33,34)36-24-23-30)38-29(32)22-20-18-16-14-12-10-8-6-4-2/h30H,6-29H2,1-5H3;27H,3-26,30H2,1-2H3,(H,33,34)/p+1. The number of carbonyl (C=O) groups excluding carboxylic acids is 4. The molecule has 0 amide bonds. The largest absolute Gasteiger partial charge is 0.472 e. The number of ether oxygens (including phenoxy) is 4. The number of hydrogen-bond donors (Lipinski definition) is 3. The van der Waals surface area contributed by atoms with Crippen LogP contribution in [-0.2, 0) is 65.4 Å². The normalized spacial score (nSPS) is 13.8. The number of hydrogen-bond acceptors (Lipinski definition) is 15. The maximum absolute atomic E-state index is 12.5. The Balaban J connectivity index is 0. The van der Waals surface area contributed by atoms with Gasteiger partial charge in [0, 0.05) is 32.2 Å². The van der Waals surface area contributed by atoms with Crippen molar-refractivity contribution in [3.8, 4) is 0 Å². The highest BCUT2D eigenvalue weighted by Gasteiger charge is 2.28. The summed E-state index contributed by atoms with van der Waals surface area (Å²) in [6.45, 7) is 8.01. The lowest BCUT2D eigenvalue weighted by atomic mass is 10.1. The number of rotatable bonds is 59. The maximum Gasteiger partial charge on any atom is 0.472 e. The number of phosphoric ester groups is 2. The topological polar surface area (TPSA) is 243 Å². The predicted octanol–water partition coefficient (Wildman–Crippen LogP) is 15.5. The number of unbranched alkanes of at least 4 members (excludes halogenated alkanes) is 32. The van der Waals surface area contributed by atoms with Crippen LogP contribution in [0, 0.1) is 0 Å². The van der Waals surface area contributed by atoms with E-state index >= 15 is 0 Å².